The lowest BCUT2D eigenvalue weighted by Gasteiger charge is -2.35. The van der Waals surface area contributed by atoms with E-state index in [4.69, 9.17) is 0 Å². The number of likely N-dealkylation sites (tertiary alicyclic amines) is 1. The van der Waals surface area contributed by atoms with E-state index in [0.29, 0.717) is 6.54 Å². The Kier molecular flexibility index (Phi) is 6.24. The predicted octanol–water partition coefficient (Wildman–Crippen LogP) is 3.67. The molecule has 1 saturated heterocycles. The van der Waals surface area contributed by atoms with Crippen LogP contribution in [0.25, 0.3) is 0 Å². The van der Waals surface area contributed by atoms with Crippen LogP contribution in [0.4, 0.5) is 11.4 Å². The molecule has 0 saturated carbocycles. The van der Waals surface area contributed by atoms with E-state index in [1.165, 1.54) is 0 Å². The quantitative estimate of drug-likeness (QED) is 0.850. The van der Waals surface area contributed by atoms with E-state index in [1.54, 1.807) is 0 Å². The van der Waals surface area contributed by atoms with Gasteiger partial charge in [-0.15, -0.1) is 0 Å². The van der Waals surface area contributed by atoms with Gasteiger partial charge in [-0.3, -0.25) is 14.5 Å². The minimum atomic E-state index is -0.281. The highest BCUT2D eigenvalue weighted by Crippen LogP contribution is 2.21. The molecule has 0 spiro atoms. The summed E-state index contributed by atoms with van der Waals surface area (Å²) in [5, 5.41) is 5.99. The number of aryl methyl sites for hydroxylation is 1. The van der Waals surface area contributed by atoms with Crippen LogP contribution in [0.3, 0.4) is 0 Å². The summed E-state index contributed by atoms with van der Waals surface area (Å²) in [5.74, 6) is -0.113. The molecule has 0 aliphatic carbocycles. The summed E-state index contributed by atoms with van der Waals surface area (Å²) in [5.41, 5.74) is 2.69. The highest BCUT2D eigenvalue weighted by molar-refractivity contribution is 5.95. The number of piperidine rings is 1. The number of rotatable bonds is 5. The van der Waals surface area contributed by atoms with E-state index in [-0.39, 0.29) is 23.8 Å². The average Bonchev–Trinajstić information content (AvgIpc) is 2.70. The number of carbonyl (C=O) groups is 2. The third-order valence-electron chi connectivity index (χ3n) is 5.20. The maximum atomic E-state index is 12.7. The zero-order valence-corrected chi connectivity index (χ0v) is 15.9. The van der Waals surface area contributed by atoms with Gasteiger partial charge in [0.1, 0.15) is 0 Å². The van der Waals surface area contributed by atoms with Crippen molar-refractivity contribution in [3.8, 4) is 0 Å². The highest BCUT2D eigenvalue weighted by atomic mass is 16.2. The molecule has 2 atom stereocenters. The van der Waals surface area contributed by atoms with Gasteiger partial charge in [-0.2, -0.15) is 0 Å². The van der Waals surface area contributed by atoms with Crippen LogP contribution in [0.15, 0.2) is 54.6 Å². The van der Waals surface area contributed by atoms with Gasteiger partial charge in [0.2, 0.25) is 11.8 Å². The van der Waals surface area contributed by atoms with Gasteiger partial charge in [-0.25, -0.2) is 0 Å². The number of amides is 2. The van der Waals surface area contributed by atoms with E-state index in [2.05, 4.69) is 15.5 Å². The van der Waals surface area contributed by atoms with Gasteiger partial charge in [-0.05, 0) is 57.0 Å². The van der Waals surface area contributed by atoms with Gasteiger partial charge in [0.05, 0.1) is 12.0 Å². The predicted molar refractivity (Wildman–Crippen MR) is 109 cm³/mol. The van der Waals surface area contributed by atoms with E-state index >= 15 is 0 Å². The molecule has 2 aromatic carbocycles. The summed E-state index contributed by atoms with van der Waals surface area (Å²) in [4.78, 5) is 27.4. The SMILES string of the molecule is Cc1ccccc1NC(=O)[C@@H](C)N1CCC[C@H](C(=O)Nc2ccccc2)C1. The van der Waals surface area contributed by atoms with Crippen LogP contribution in [0, 0.1) is 12.8 Å². The molecule has 142 valence electrons. The van der Waals surface area contributed by atoms with Gasteiger partial charge in [-0.1, -0.05) is 36.4 Å². The minimum absolute atomic E-state index is 0.0254. The van der Waals surface area contributed by atoms with Crippen molar-refractivity contribution in [2.75, 3.05) is 23.7 Å². The molecule has 5 nitrogen and oxygen atoms in total. The highest BCUT2D eigenvalue weighted by Gasteiger charge is 2.31. The van der Waals surface area contributed by atoms with E-state index in [9.17, 15) is 9.59 Å². The Hall–Kier alpha value is -2.66. The number of para-hydroxylation sites is 2. The Morgan fingerprint density at radius 1 is 1.04 bits per heavy atom. The summed E-state index contributed by atoms with van der Waals surface area (Å²) < 4.78 is 0. The van der Waals surface area contributed by atoms with Crippen molar-refractivity contribution in [2.24, 2.45) is 5.92 Å². The smallest absolute Gasteiger partial charge is 0.241 e. The summed E-state index contributed by atoms with van der Waals surface area (Å²) >= 11 is 0. The Morgan fingerprint density at radius 2 is 1.74 bits per heavy atom. The fourth-order valence-corrected chi connectivity index (χ4v) is 3.45. The maximum absolute atomic E-state index is 12.7. The molecule has 0 aromatic heterocycles. The molecule has 3 rings (SSSR count). The lowest BCUT2D eigenvalue weighted by atomic mass is 9.95. The van der Waals surface area contributed by atoms with Crippen molar-refractivity contribution in [1.29, 1.82) is 0 Å². The third kappa shape index (κ3) is 4.95. The van der Waals surface area contributed by atoms with E-state index < -0.39 is 0 Å². The zero-order chi connectivity index (χ0) is 19.2. The third-order valence-corrected chi connectivity index (χ3v) is 5.20. The van der Waals surface area contributed by atoms with Crippen molar-refractivity contribution >= 4 is 23.2 Å². The summed E-state index contributed by atoms with van der Waals surface area (Å²) in [7, 11) is 0. The zero-order valence-electron chi connectivity index (χ0n) is 15.9. The standard InChI is InChI=1S/C22H27N3O2/c1-16-9-6-7-13-20(16)24-21(26)17(2)25-14-8-10-18(15-25)22(27)23-19-11-4-3-5-12-19/h3-7,9,11-13,17-18H,8,10,14-15H2,1-2H3,(H,23,27)(H,24,26)/t17-,18+/m1/s1. The first-order valence-corrected chi connectivity index (χ1v) is 9.51. The molecule has 5 heteroatoms. The normalized spacial score (nSPS) is 18.5. The number of carbonyl (C=O) groups excluding carboxylic acids is 2. The molecule has 2 N–H and O–H groups in total. The Balaban J connectivity index is 1.59. The van der Waals surface area contributed by atoms with Gasteiger partial charge < -0.3 is 10.6 Å². The van der Waals surface area contributed by atoms with Crippen LogP contribution in [0.2, 0.25) is 0 Å². The molecule has 27 heavy (non-hydrogen) atoms. The number of nitrogens with zero attached hydrogens (tertiary/aromatic N) is 1. The van der Waals surface area contributed by atoms with Crippen LogP contribution in [0.1, 0.15) is 25.3 Å². The van der Waals surface area contributed by atoms with Crippen molar-refractivity contribution in [2.45, 2.75) is 32.7 Å². The fraction of sp³-hybridized carbons (Fsp3) is 0.364. The van der Waals surface area contributed by atoms with Gasteiger partial charge in [0, 0.05) is 17.9 Å². The second-order valence-electron chi connectivity index (χ2n) is 7.17. The van der Waals surface area contributed by atoms with Crippen LogP contribution >= 0.6 is 0 Å². The second-order valence-corrected chi connectivity index (χ2v) is 7.17. The number of hydrogen-bond acceptors (Lipinski definition) is 3. The average molecular weight is 365 g/mol. The van der Waals surface area contributed by atoms with Crippen LogP contribution in [-0.2, 0) is 9.59 Å². The van der Waals surface area contributed by atoms with Crippen molar-refractivity contribution in [3.63, 3.8) is 0 Å². The van der Waals surface area contributed by atoms with E-state index in [1.807, 2.05) is 68.4 Å². The first kappa shape index (κ1) is 19.1. The Morgan fingerprint density at radius 3 is 2.48 bits per heavy atom. The Labute approximate surface area is 160 Å². The molecule has 1 aliphatic heterocycles. The molecule has 1 aliphatic rings. The summed E-state index contributed by atoms with van der Waals surface area (Å²) in [6.07, 6.45) is 1.76. The van der Waals surface area contributed by atoms with Crippen molar-refractivity contribution < 1.29 is 9.59 Å². The maximum Gasteiger partial charge on any atom is 0.241 e. The molecule has 1 heterocycles. The Bertz CT molecular complexity index is 791. The molecule has 1 fully saturated rings. The molecule has 2 aromatic rings. The van der Waals surface area contributed by atoms with Gasteiger partial charge in [0.15, 0.2) is 0 Å². The van der Waals surface area contributed by atoms with Gasteiger partial charge >= 0.3 is 0 Å². The molecule has 0 bridgehead atoms. The van der Waals surface area contributed by atoms with Crippen LogP contribution in [-0.4, -0.2) is 35.8 Å². The first-order chi connectivity index (χ1) is 13.0. The monoisotopic (exact) mass is 365 g/mol. The van der Waals surface area contributed by atoms with Gasteiger partial charge in [0.25, 0.3) is 0 Å². The molecule has 0 radical (unpaired) electrons. The lowest BCUT2D eigenvalue weighted by molar-refractivity contribution is -0.125. The number of nitrogens with one attached hydrogen (secondary N) is 2. The minimum Gasteiger partial charge on any atom is -0.326 e. The molecular formula is C22H27N3O2. The van der Waals surface area contributed by atoms with Crippen molar-refractivity contribution in [1.82, 2.24) is 4.90 Å². The fourth-order valence-electron chi connectivity index (χ4n) is 3.45. The number of benzene rings is 2. The topological polar surface area (TPSA) is 61.4 Å². The summed E-state index contributed by atoms with van der Waals surface area (Å²) in [6.45, 7) is 5.31. The lowest BCUT2D eigenvalue weighted by Crippen LogP contribution is -2.49. The first-order valence-electron chi connectivity index (χ1n) is 9.51. The molecule has 0 unspecified atom stereocenters. The number of anilines is 2. The van der Waals surface area contributed by atoms with Crippen LogP contribution < -0.4 is 10.6 Å². The largest absolute Gasteiger partial charge is 0.326 e. The van der Waals surface area contributed by atoms with Crippen molar-refractivity contribution in [3.05, 3.63) is 60.2 Å². The second kappa shape index (κ2) is 8.82. The summed E-state index contributed by atoms with van der Waals surface area (Å²) in [6, 6.07) is 17.0. The van der Waals surface area contributed by atoms with Crippen LogP contribution in [0.5, 0.6) is 0 Å². The molecular weight excluding hydrogens is 338 g/mol. The number of hydrogen-bond donors (Lipinski definition) is 2. The molecule has 2 amide bonds. The van der Waals surface area contributed by atoms with E-state index in [0.717, 1.165) is 36.3 Å².